The fourth-order valence-corrected chi connectivity index (χ4v) is 5.55. The number of nitrogens with zero attached hydrogens (tertiary/aromatic N) is 2. The van der Waals surface area contributed by atoms with Crippen molar-refractivity contribution in [1.82, 2.24) is 4.98 Å². The van der Waals surface area contributed by atoms with E-state index >= 15 is 0 Å². The summed E-state index contributed by atoms with van der Waals surface area (Å²) < 4.78 is 6.20. The first-order valence-electron chi connectivity index (χ1n) is 10.7. The van der Waals surface area contributed by atoms with Crippen molar-refractivity contribution in [2.45, 2.75) is 9.79 Å². The predicted octanol–water partition coefficient (Wildman–Crippen LogP) is 7.43. The summed E-state index contributed by atoms with van der Waals surface area (Å²) in [6.45, 7) is 0. The van der Waals surface area contributed by atoms with E-state index in [2.05, 4.69) is 46.3 Å². The van der Waals surface area contributed by atoms with Crippen molar-refractivity contribution in [2.24, 2.45) is 0 Å². The van der Waals surface area contributed by atoms with E-state index < -0.39 is 0 Å². The zero-order valence-corrected chi connectivity index (χ0v) is 18.2. The Labute approximate surface area is 193 Å². The zero-order valence-electron chi connectivity index (χ0n) is 17.4. The van der Waals surface area contributed by atoms with Crippen LogP contribution in [-0.4, -0.2) is 4.98 Å². The van der Waals surface area contributed by atoms with Gasteiger partial charge in [-0.05, 0) is 48.5 Å². The molecule has 156 valence electrons. The molecule has 0 saturated heterocycles. The third-order valence-electron chi connectivity index (χ3n) is 6.04. The molecule has 5 heteroatoms. The SMILES string of the molecule is O=c1c2ccc(N3c4ccccc4Sc4ccccc43)cc2oc2nc3ccccc3cc12. The lowest BCUT2D eigenvalue weighted by atomic mass is 10.1. The fraction of sp³-hybridized carbons (Fsp3) is 0. The maximum Gasteiger partial charge on any atom is 0.231 e. The molecule has 7 rings (SSSR count). The van der Waals surface area contributed by atoms with Gasteiger partial charge in [-0.3, -0.25) is 4.79 Å². The van der Waals surface area contributed by atoms with Crippen LogP contribution in [-0.2, 0) is 0 Å². The maximum absolute atomic E-state index is 13.3. The highest BCUT2D eigenvalue weighted by molar-refractivity contribution is 7.99. The number of benzene rings is 4. The lowest BCUT2D eigenvalue weighted by molar-refractivity contribution is 0.647. The molecule has 0 bridgehead atoms. The number of fused-ring (bicyclic) bond motifs is 5. The van der Waals surface area contributed by atoms with E-state index in [9.17, 15) is 4.79 Å². The Hall–Kier alpha value is -4.09. The zero-order chi connectivity index (χ0) is 21.9. The molecule has 6 aromatic rings. The quantitative estimate of drug-likeness (QED) is 0.246. The first-order valence-corrected chi connectivity index (χ1v) is 11.5. The third kappa shape index (κ3) is 2.79. The first kappa shape index (κ1) is 18.5. The summed E-state index contributed by atoms with van der Waals surface area (Å²) in [6.07, 6.45) is 0. The molecule has 0 N–H and O–H groups in total. The van der Waals surface area contributed by atoms with E-state index in [1.165, 1.54) is 9.79 Å². The van der Waals surface area contributed by atoms with Gasteiger partial charge in [0, 0.05) is 26.9 Å². The topological polar surface area (TPSA) is 46.3 Å². The largest absolute Gasteiger partial charge is 0.437 e. The Morgan fingerprint density at radius 1 is 0.727 bits per heavy atom. The average Bonchev–Trinajstić information content (AvgIpc) is 2.86. The Morgan fingerprint density at radius 2 is 1.42 bits per heavy atom. The molecular weight excluding hydrogens is 428 g/mol. The van der Waals surface area contributed by atoms with Gasteiger partial charge in [-0.15, -0.1) is 0 Å². The molecule has 33 heavy (non-hydrogen) atoms. The molecule has 0 aliphatic carbocycles. The summed E-state index contributed by atoms with van der Waals surface area (Å²) in [5.41, 5.74) is 4.77. The van der Waals surface area contributed by atoms with Crippen molar-refractivity contribution in [3.8, 4) is 0 Å². The van der Waals surface area contributed by atoms with E-state index in [1.807, 2.05) is 60.7 Å². The number of para-hydroxylation sites is 3. The van der Waals surface area contributed by atoms with Crippen LogP contribution in [0.1, 0.15) is 0 Å². The van der Waals surface area contributed by atoms with Crippen molar-refractivity contribution >= 4 is 61.8 Å². The highest BCUT2D eigenvalue weighted by Crippen LogP contribution is 2.51. The second-order valence-corrected chi connectivity index (χ2v) is 9.10. The predicted molar refractivity (Wildman–Crippen MR) is 134 cm³/mol. The molecule has 0 fully saturated rings. The van der Waals surface area contributed by atoms with Crippen molar-refractivity contribution in [1.29, 1.82) is 0 Å². The number of hydrogen-bond donors (Lipinski definition) is 0. The number of pyridine rings is 1. The van der Waals surface area contributed by atoms with E-state index in [1.54, 1.807) is 11.8 Å². The minimum absolute atomic E-state index is 0.0638. The van der Waals surface area contributed by atoms with E-state index in [0.29, 0.717) is 22.1 Å². The van der Waals surface area contributed by atoms with Crippen LogP contribution in [0, 0.1) is 0 Å². The van der Waals surface area contributed by atoms with Crippen LogP contribution in [0.15, 0.2) is 116 Å². The highest BCUT2D eigenvalue weighted by Gasteiger charge is 2.24. The van der Waals surface area contributed by atoms with Crippen LogP contribution >= 0.6 is 11.8 Å². The molecule has 0 atom stereocenters. The molecule has 0 radical (unpaired) electrons. The van der Waals surface area contributed by atoms with E-state index in [0.717, 1.165) is 28.0 Å². The molecule has 4 aromatic carbocycles. The molecule has 0 saturated carbocycles. The summed E-state index contributed by atoms with van der Waals surface area (Å²) in [5.74, 6) is 0. The van der Waals surface area contributed by atoms with Gasteiger partial charge < -0.3 is 9.32 Å². The van der Waals surface area contributed by atoms with Gasteiger partial charge >= 0.3 is 0 Å². The van der Waals surface area contributed by atoms with Crippen LogP contribution in [0.25, 0.3) is 33.0 Å². The van der Waals surface area contributed by atoms with Crippen LogP contribution in [0.2, 0.25) is 0 Å². The second kappa shape index (κ2) is 6.95. The van der Waals surface area contributed by atoms with Gasteiger partial charge in [-0.25, -0.2) is 4.98 Å². The summed E-state index contributed by atoms with van der Waals surface area (Å²) >= 11 is 1.76. The van der Waals surface area contributed by atoms with Gasteiger partial charge in [0.25, 0.3) is 0 Å². The molecule has 1 aliphatic rings. The Balaban J connectivity index is 1.49. The van der Waals surface area contributed by atoms with Crippen molar-refractivity contribution in [3.05, 3.63) is 107 Å². The van der Waals surface area contributed by atoms with Gasteiger partial charge in [0.1, 0.15) is 5.58 Å². The molecule has 4 nitrogen and oxygen atoms in total. The van der Waals surface area contributed by atoms with Gasteiger partial charge in [0.05, 0.1) is 27.7 Å². The Bertz CT molecular complexity index is 1750. The molecule has 2 aromatic heterocycles. The minimum Gasteiger partial charge on any atom is -0.437 e. The number of hydrogen-bond acceptors (Lipinski definition) is 5. The third-order valence-corrected chi connectivity index (χ3v) is 7.17. The highest BCUT2D eigenvalue weighted by atomic mass is 32.2. The van der Waals surface area contributed by atoms with Crippen LogP contribution in [0.5, 0.6) is 0 Å². The molecule has 3 heterocycles. The van der Waals surface area contributed by atoms with Crippen molar-refractivity contribution in [3.63, 3.8) is 0 Å². The van der Waals surface area contributed by atoms with E-state index in [4.69, 9.17) is 4.42 Å². The van der Waals surface area contributed by atoms with Crippen molar-refractivity contribution in [2.75, 3.05) is 4.90 Å². The Kier molecular flexibility index (Phi) is 3.89. The monoisotopic (exact) mass is 444 g/mol. The van der Waals surface area contributed by atoms with Crippen LogP contribution in [0.4, 0.5) is 17.1 Å². The van der Waals surface area contributed by atoms with Crippen LogP contribution < -0.4 is 10.3 Å². The summed E-state index contributed by atoms with van der Waals surface area (Å²) in [6, 6.07) is 32.1. The van der Waals surface area contributed by atoms with Gasteiger partial charge in [0.15, 0.2) is 0 Å². The maximum atomic E-state index is 13.3. The molecular formula is C28H16N2O2S. The molecule has 0 amide bonds. The van der Waals surface area contributed by atoms with Gasteiger partial charge in [0.2, 0.25) is 11.1 Å². The Morgan fingerprint density at radius 3 is 2.21 bits per heavy atom. The number of aromatic nitrogens is 1. The number of anilines is 3. The minimum atomic E-state index is -0.0638. The average molecular weight is 445 g/mol. The summed E-state index contributed by atoms with van der Waals surface area (Å²) in [7, 11) is 0. The fourth-order valence-electron chi connectivity index (χ4n) is 4.49. The first-order chi connectivity index (χ1) is 16.3. The summed E-state index contributed by atoms with van der Waals surface area (Å²) in [4.78, 5) is 22.5. The van der Waals surface area contributed by atoms with Crippen LogP contribution in [0.3, 0.4) is 0 Å². The van der Waals surface area contributed by atoms with E-state index in [-0.39, 0.29) is 5.43 Å². The lowest BCUT2D eigenvalue weighted by Gasteiger charge is -2.32. The standard InChI is InChI=1S/C28H16N2O2S/c31-27-19-14-13-18(16-24(19)32-28-20(27)15-17-7-1-2-8-21(17)29-28)30-22-9-3-5-11-25(22)33-26-12-6-4-10-23(26)30/h1-16H. The lowest BCUT2D eigenvalue weighted by Crippen LogP contribution is -2.15. The second-order valence-electron chi connectivity index (χ2n) is 8.02. The molecule has 1 aliphatic heterocycles. The molecule has 0 unspecified atom stereocenters. The van der Waals surface area contributed by atoms with Crippen molar-refractivity contribution < 1.29 is 4.42 Å². The molecule has 0 spiro atoms. The van der Waals surface area contributed by atoms with Gasteiger partial charge in [-0.2, -0.15) is 0 Å². The normalized spacial score (nSPS) is 12.8. The van der Waals surface area contributed by atoms with Gasteiger partial charge in [-0.1, -0.05) is 54.2 Å². The summed E-state index contributed by atoms with van der Waals surface area (Å²) in [5, 5.41) is 1.97. The smallest absolute Gasteiger partial charge is 0.231 e. The number of rotatable bonds is 1.